The molecule has 2 heterocycles. The summed E-state index contributed by atoms with van der Waals surface area (Å²) in [5.74, 6) is 0. The molecule has 2 aliphatic rings. The zero-order chi connectivity index (χ0) is 14.9. The van der Waals surface area contributed by atoms with E-state index in [2.05, 4.69) is 46.8 Å². The first-order valence-electron chi connectivity index (χ1n) is 7.04. The van der Waals surface area contributed by atoms with Gasteiger partial charge in [0.05, 0.1) is 11.6 Å². The Kier molecular flexibility index (Phi) is 2.42. The Balaban J connectivity index is 2.42. The molecular formula is C17H21NO2. The van der Waals surface area contributed by atoms with Crippen LogP contribution in [0.3, 0.4) is 0 Å². The summed E-state index contributed by atoms with van der Waals surface area (Å²) >= 11 is 0. The molecule has 3 nitrogen and oxygen atoms in total. The minimum absolute atomic E-state index is 0.122. The van der Waals surface area contributed by atoms with E-state index in [0.717, 1.165) is 11.1 Å². The zero-order valence-corrected chi connectivity index (χ0v) is 12.7. The fourth-order valence-electron chi connectivity index (χ4n) is 4.41. The predicted octanol–water partition coefficient (Wildman–Crippen LogP) is 4.31. The molecule has 2 bridgehead atoms. The smallest absolute Gasteiger partial charge is 0.409 e. The monoisotopic (exact) mass is 271 g/mol. The lowest BCUT2D eigenvalue weighted by Gasteiger charge is -2.46. The van der Waals surface area contributed by atoms with E-state index in [1.165, 1.54) is 11.1 Å². The molecule has 0 saturated heterocycles. The van der Waals surface area contributed by atoms with Gasteiger partial charge in [-0.1, -0.05) is 45.0 Å². The first-order chi connectivity index (χ1) is 9.24. The number of fused-ring (bicyclic) bond motifs is 5. The molecule has 0 spiro atoms. The van der Waals surface area contributed by atoms with Crippen molar-refractivity contribution in [3.05, 3.63) is 46.5 Å². The summed E-state index contributed by atoms with van der Waals surface area (Å²) in [6.07, 6.45) is -0.836. The molecule has 0 saturated carbocycles. The predicted molar refractivity (Wildman–Crippen MR) is 78.6 cm³/mol. The third kappa shape index (κ3) is 1.19. The minimum atomic E-state index is -0.836. The molecule has 2 unspecified atom stereocenters. The lowest BCUT2D eigenvalue weighted by atomic mass is 9.64. The van der Waals surface area contributed by atoms with Gasteiger partial charge in [0.1, 0.15) is 0 Å². The fourth-order valence-corrected chi connectivity index (χ4v) is 4.41. The Morgan fingerprint density at radius 2 is 1.85 bits per heavy atom. The largest absolute Gasteiger partial charge is 0.465 e. The second kappa shape index (κ2) is 3.66. The number of benzene rings is 1. The Hall–Kier alpha value is -1.77. The Bertz CT molecular complexity index is 639. The quantitative estimate of drug-likeness (QED) is 0.714. The second-order valence-corrected chi connectivity index (χ2v) is 6.91. The Labute approximate surface area is 119 Å². The fraction of sp³-hybridized carbons (Fsp3) is 0.471. The van der Waals surface area contributed by atoms with Crippen molar-refractivity contribution in [3.8, 4) is 0 Å². The van der Waals surface area contributed by atoms with Crippen LogP contribution in [0.5, 0.6) is 0 Å². The van der Waals surface area contributed by atoms with Crippen molar-refractivity contribution < 1.29 is 9.90 Å². The van der Waals surface area contributed by atoms with E-state index in [-0.39, 0.29) is 11.5 Å². The van der Waals surface area contributed by atoms with Gasteiger partial charge in [0, 0.05) is 0 Å². The van der Waals surface area contributed by atoms with Crippen molar-refractivity contribution in [2.24, 2.45) is 5.41 Å². The molecule has 1 aromatic carbocycles. The highest BCUT2D eigenvalue weighted by molar-refractivity contribution is 5.76. The van der Waals surface area contributed by atoms with Gasteiger partial charge in [0.15, 0.2) is 0 Å². The van der Waals surface area contributed by atoms with E-state index in [0.29, 0.717) is 0 Å². The van der Waals surface area contributed by atoms with Crippen LogP contribution in [0.25, 0.3) is 0 Å². The van der Waals surface area contributed by atoms with Crippen molar-refractivity contribution in [2.75, 3.05) is 0 Å². The van der Waals surface area contributed by atoms with Gasteiger partial charge in [-0.25, -0.2) is 4.79 Å². The van der Waals surface area contributed by atoms with Crippen LogP contribution in [0.4, 0.5) is 4.79 Å². The van der Waals surface area contributed by atoms with Gasteiger partial charge in [0.2, 0.25) is 0 Å². The first kappa shape index (κ1) is 13.2. The summed E-state index contributed by atoms with van der Waals surface area (Å²) in [6.45, 7) is 10.5. The van der Waals surface area contributed by atoms with E-state index in [9.17, 15) is 9.90 Å². The molecule has 0 radical (unpaired) electrons. The van der Waals surface area contributed by atoms with Gasteiger partial charge >= 0.3 is 6.09 Å². The number of amides is 1. The van der Waals surface area contributed by atoms with Crippen molar-refractivity contribution in [2.45, 2.75) is 46.2 Å². The van der Waals surface area contributed by atoms with Crippen LogP contribution >= 0.6 is 0 Å². The highest BCUT2D eigenvalue weighted by Crippen LogP contribution is 2.65. The van der Waals surface area contributed by atoms with Crippen LogP contribution in [0, 0.1) is 5.41 Å². The number of nitrogens with zero attached hydrogens (tertiary/aromatic N) is 1. The summed E-state index contributed by atoms with van der Waals surface area (Å²) in [4.78, 5) is 13.6. The second-order valence-electron chi connectivity index (χ2n) is 6.91. The maximum Gasteiger partial charge on any atom is 0.409 e. The van der Waals surface area contributed by atoms with Gasteiger partial charge in [-0.15, -0.1) is 0 Å². The standard InChI is InChI=1S/C17H21NO2/c1-10-11(2)17(16(3,4)5)13-9-7-6-8-12(13)14(10)18(17)15(19)20/h6-9,14H,1-5H3,(H,19,20). The molecule has 2 atom stereocenters. The van der Waals surface area contributed by atoms with Gasteiger partial charge in [0.25, 0.3) is 0 Å². The van der Waals surface area contributed by atoms with Crippen molar-refractivity contribution >= 4 is 6.09 Å². The number of hydrogen-bond acceptors (Lipinski definition) is 1. The minimum Gasteiger partial charge on any atom is -0.465 e. The van der Waals surface area contributed by atoms with Crippen LogP contribution in [0.2, 0.25) is 0 Å². The SMILES string of the molecule is CC1=C(C)C2(C(C)(C)C)c3ccccc3C1N2C(=O)O. The molecule has 1 aromatic rings. The molecule has 1 N–H and O–H groups in total. The van der Waals surface area contributed by atoms with E-state index in [1.807, 2.05) is 12.1 Å². The third-order valence-electron chi connectivity index (χ3n) is 5.10. The molecule has 0 fully saturated rings. The molecular weight excluding hydrogens is 250 g/mol. The van der Waals surface area contributed by atoms with E-state index >= 15 is 0 Å². The zero-order valence-electron chi connectivity index (χ0n) is 12.7. The van der Waals surface area contributed by atoms with Gasteiger partial charge in [-0.2, -0.15) is 0 Å². The first-order valence-corrected chi connectivity index (χ1v) is 7.04. The van der Waals surface area contributed by atoms with Crippen LogP contribution in [0.1, 0.15) is 51.8 Å². The Morgan fingerprint density at radius 3 is 2.40 bits per heavy atom. The summed E-state index contributed by atoms with van der Waals surface area (Å²) in [5, 5.41) is 9.83. The van der Waals surface area contributed by atoms with E-state index in [1.54, 1.807) is 4.90 Å². The summed E-state index contributed by atoms with van der Waals surface area (Å²) in [6, 6.07) is 8.04. The van der Waals surface area contributed by atoms with Crippen LogP contribution in [-0.4, -0.2) is 16.1 Å². The normalized spacial score (nSPS) is 28.1. The van der Waals surface area contributed by atoms with Gasteiger partial charge < -0.3 is 5.11 Å². The number of carbonyl (C=O) groups is 1. The van der Waals surface area contributed by atoms with Crippen molar-refractivity contribution in [1.82, 2.24) is 4.90 Å². The summed E-state index contributed by atoms with van der Waals surface area (Å²) in [5.41, 5.74) is 3.94. The third-order valence-corrected chi connectivity index (χ3v) is 5.10. The summed E-state index contributed by atoms with van der Waals surface area (Å²) < 4.78 is 0. The van der Waals surface area contributed by atoms with Crippen LogP contribution in [0.15, 0.2) is 35.4 Å². The van der Waals surface area contributed by atoms with E-state index in [4.69, 9.17) is 0 Å². The topological polar surface area (TPSA) is 40.5 Å². The average Bonchev–Trinajstić information content (AvgIpc) is 2.79. The summed E-state index contributed by atoms with van der Waals surface area (Å²) in [7, 11) is 0. The van der Waals surface area contributed by atoms with Crippen molar-refractivity contribution in [3.63, 3.8) is 0 Å². The maximum atomic E-state index is 12.0. The van der Waals surface area contributed by atoms with Crippen molar-refractivity contribution in [1.29, 1.82) is 0 Å². The molecule has 2 aliphatic heterocycles. The van der Waals surface area contributed by atoms with Crippen LogP contribution < -0.4 is 0 Å². The molecule has 20 heavy (non-hydrogen) atoms. The highest BCUT2D eigenvalue weighted by atomic mass is 16.4. The van der Waals surface area contributed by atoms with Gasteiger partial charge in [-0.05, 0) is 41.5 Å². The number of carboxylic acid groups (broad SMARTS) is 1. The highest BCUT2D eigenvalue weighted by Gasteiger charge is 2.64. The maximum absolute atomic E-state index is 12.0. The average molecular weight is 271 g/mol. The lowest BCUT2D eigenvalue weighted by molar-refractivity contribution is 0.0380. The number of rotatable bonds is 0. The lowest BCUT2D eigenvalue weighted by Crippen LogP contribution is -2.51. The number of hydrogen-bond donors (Lipinski definition) is 1. The molecule has 1 amide bonds. The molecule has 106 valence electrons. The Morgan fingerprint density at radius 1 is 1.25 bits per heavy atom. The van der Waals surface area contributed by atoms with E-state index < -0.39 is 11.6 Å². The van der Waals surface area contributed by atoms with Crippen LogP contribution in [-0.2, 0) is 5.54 Å². The molecule has 3 rings (SSSR count). The molecule has 3 heteroatoms. The van der Waals surface area contributed by atoms with Gasteiger partial charge in [-0.3, -0.25) is 4.90 Å². The molecule has 0 aromatic heterocycles. The molecule has 0 aliphatic carbocycles.